The molecule has 2 heterocycles. The highest BCUT2D eigenvalue weighted by molar-refractivity contribution is 7.18. The van der Waals surface area contributed by atoms with Gasteiger partial charge in [0, 0.05) is 18.8 Å². The average Bonchev–Trinajstić information content (AvgIpc) is 2.66. The Labute approximate surface area is 84.5 Å². The van der Waals surface area contributed by atoms with E-state index in [4.69, 9.17) is 0 Å². The van der Waals surface area contributed by atoms with Gasteiger partial charge in [-0.25, -0.2) is 0 Å². The minimum atomic E-state index is 0.128. The lowest BCUT2D eigenvalue weighted by Crippen LogP contribution is -1.84. The van der Waals surface area contributed by atoms with Crippen LogP contribution in [0.5, 0.6) is 5.75 Å². The molecule has 0 saturated carbocycles. The van der Waals surface area contributed by atoms with Crippen LogP contribution in [0.15, 0.2) is 18.5 Å². The Morgan fingerprint density at radius 3 is 2.86 bits per heavy atom. The monoisotopic (exact) mass is 208 g/mol. The summed E-state index contributed by atoms with van der Waals surface area (Å²) in [5.41, 5.74) is 0.768. The van der Waals surface area contributed by atoms with E-state index >= 15 is 0 Å². The smallest absolute Gasteiger partial charge is 0.205 e. The van der Waals surface area contributed by atoms with Crippen LogP contribution in [0.1, 0.15) is 0 Å². The predicted molar refractivity (Wildman–Crippen MR) is 54.4 cm³/mol. The molecule has 0 aliphatic heterocycles. The third-order valence-corrected chi connectivity index (χ3v) is 2.60. The van der Waals surface area contributed by atoms with Gasteiger partial charge in [-0.3, -0.25) is 4.98 Å². The summed E-state index contributed by atoms with van der Waals surface area (Å²) in [5.74, 6) is 0.128. The number of nitrogens with one attached hydrogen (secondary N) is 1. The summed E-state index contributed by atoms with van der Waals surface area (Å²) in [5, 5.41) is 21.4. The van der Waals surface area contributed by atoms with Gasteiger partial charge < -0.3 is 10.4 Å². The van der Waals surface area contributed by atoms with Crippen LogP contribution in [-0.4, -0.2) is 27.3 Å². The second kappa shape index (κ2) is 3.59. The first-order valence-corrected chi connectivity index (χ1v) is 4.77. The fourth-order valence-electron chi connectivity index (χ4n) is 0.986. The molecule has 0 aliphatic rings. The van der Waals surface area contributed by atoms with Gasteiger partial charge in [-0.2, -0.15) is 0 Å². The Kier molecular flexibility index (Phi) is 2.28. The van der Waals surface area contributed by atoms with E-state index < -0.39 is 0 Å². The normalized spacial score (nSPS) is 10.1. The fourth-order valence-corrected chi connectivity index (χ4v) is 1.66. The molecular formula is C8H8N4OS. The fraction of sp³-hybridized carbons (Fsp3) is 0.125. The van der Waals surface area contributed by atoms with Crippen molar-refractivity contribution in [3.8, 4) is 16.3 Å². The van der Waals surface area contributed by atoms with Gasteiger partial charge in [-0.05, 0) is 6.07 Å². The molecule has 2 N–H and O–H groups in total. The van der Waals surface area contributed by atoms with E-state index in [-0.39, 0.29) is 5.75 Å². The number of aromatic hydroxyl groups is 1. The van der Waals surface area contributed by atoms with Gasteiger partial charge in [0.05, 0.1) is 6.20 Å². The number of anilines is 1. The first-order chi connectivity index (χ1) is 6.79. The molecule has 0 radical (unpaired) electrons. The molecule has 0 atom stereocenters. The number of nitrogens with zero attached hydrogens (tertiary/aromatic N) is 3. The number of rotatable bonds is 2. The summed E-state index contributed by atoms with van der Waals surface area (Å²) in [6.45, 7) is 0. The highest BCUT2D eigenvalue weighted by atomic mass is 32.1. The van der Waals surface area contributed by atoms with Crippen molar-refractivity contribution in [3.05, 3.63) is 18.5 Å². The number of pyridine rings is 1. The molecule has 6 heteroatoms. The van der Waals surface area contributed by atoms with Crippen LogP contribution in [0.3, 0.4) is 0 Å². The maximum atomic E-state index is 9.22. The molecule has 2 rings (SSSR count). The van der Waals surface area contributed by atoms with Crippen molar-refractivity contribution in [2.24, 2.45) is 0 Å². The summed E-state index contributed by atoms with van der Waals surface area (Å²) in [6, 6.07) is 1.60. The summed E-state index contributed by atoms with van der Waals surface area (Å²) >= 11 is 1.41. The van der Waals surface area contributed by atoms with Crippen LogP contribution in [0, 0.1) is 0 Å². The summed E-state index contributed by atoms with van der Waals surface area (Å²) in [4.78, 5) is 3.86. The minimum Gasteiger partial charge on any atom is -0.506 e. The van der Waals surface area contributed by atoms with Crippen molar-refractivity contribution >= 4 is 16.5 Å². The third-order valence-electron chi connectivity index (χ3n) is 1.61. The van der Waals surface area contributed by atoms with E-state index in [9.17, 15) is 5.11 Å². The lowest BCUT2D eigenvalue weighted by Gasteiger charge is -1.94. The van der Waals surface area contributed by atoms with Crippen LogP contribution >= 0.6 is 11.3 Å². The molecule has 0 spiro atoms. The maximum Gasteiger partial charge on any atom is 0.205 e. The molecule has 0 aliphatic carbocycles. The Balaban J connectivity index is 2.39. The van der Waals surface area contributed by atoms with Crippen LogP contribution in [0.4, 0.5) is 5.13 Å². The average molecular weight is 208 g/mol. The molecule has 14 heavy (non-hydrogen) atoms. The Bertz CT molecular complexity index is 442. The van der Waals surface area contributed by atoms with E-state index in [0.29, 0.717) is 0 Å². The zero-order valence-corrected chi connectivity index (χ0v) is 8.25. The van der Waals surface area contributed by atoms with E-state index in [1.807, 2.05) is 0 Å². The van der Waals surface area contributed by atoms with Gasteiger partial charge in [-0.1, -0.05) is 11.3 Å². The van der Waals surface area contributed by atoms with Gasteiger partial charge in [-0.15, -0.1) is 10.2 Å². The molecule has 0 amide bonds. The second-order valence-corrected chi connectivity index (χ2v) is 3.57. The summed E-state index contributed by atoms with van der Waals surface area (Å²) < 4.78 is 0. The molecule has 5 nitrogen and oxygen atoms in total. The van der Waals surface area contributed by atoms with Crippen molar-refractivity contribution in [2.45, 2.75) is 0 Å². The van der Waals surface area contributed by atoms with Crippen LogP contribution in [0.2, 0.25) is 0 Å². The van der Waals surface area contributed by atoms with Gasteiger partial charge in [0.15, 0.2) is 5.01 Å². The van der Waals surface area contributed by atoms with Crippen LogP contribution in [0.25, 0.3) is 10.6 Å². The first kappa shape index (κ1) is 8.89. The molecule has 72 valence electrons. The molecule has 2 aromatic heterocycles. The number of hydrogen-bond acceptors (Lipinski definition) is 6. The molecule has 0 fully saturated rings. The van der Waals surface area contributed by atoms with Crippen LogP contribution in [-0.2, 0) is 0 Å². The van der Waals surface area contributed by atoms with Crippen molar-refractivity contribution in [1.29, 1.82) is 0 Å². The lowest BCUT2D eigenvalue weighted by molar-refractivity contribution is 0.473. The predicted octanol–water partition coefficient (Wildman–Crippen LogP) is 1.35. The molecule has 0 aromatic carbocycles. The molecular weight excluding hydrogens is 200 g/mol. The zero-order chi connectivity index (χ0) is 9.97. The third kappa shape index (κ3) is 1.64. The van der Waals surface area contributed by atoms with Crippen molar-refractivity contribution in [3.63, 3.8) is 0 Å². The standard InChI is InChI=1S/C8H8N4OS/c1-9-8-12-11-7(14-8)5-2-6(13)4-10-3-5/h2-4,13H,1H3,(H,9,12). The largest absolute Gasteiger partial charge is 0.506 e. The van der Waals surface area contributed by atoms with Gasteiger partial charge in [0.2, 0.25) is 5.13 Å². The minimum absolute atomic E-state index is 0.128. The lowest BCUT2D eigenvalue weighted by atomic mass is 10.3. The molecule has 0 saturated heterocycles. The van der Waals surface area contributed by atoms with E-state index in [2.05, 4.69) is 20.5 Å². The Morgan fingerprint density at radius 2 is 2.21 bits per heavy atom. The van der Waals surface area contributed by atoms with E-state index in [1.54, 1.807) is 19.3 Å². The van der Waals surface area contributed by atoms with Crippen molar-refractivity contribution in [1.82, 2.24) is 15.2 Å². The SMILES string of the molecule is CNc1nnc(-c2cncc(O)c2)s1. The van der Waals surface area contributed by atoms with Crippen molar-refractivity contribution < 1.29 is 5.11 Å². The van der Waals surface area contributed by atoms with E-state index in [0.717, 1.165) is 15.7 Å². The Hall–Kier alpha value is -1.69. The quantitative estimate of drug-likeness (QED) is 0.779. The highest BCUT2D eigenvalue weighted by Gasteiger charge is 2.05. The summed E-state index contributed by atoms with van der Waals surface area (Å²) in [7, 11) is 1.78. The summed E-state index contributed by atoms with van der Waals surface area (Å²) in [6.07, 6.45) is 3.02. The molecule has 0 bridgehead atoms. The number of aromatic nitrogens is 3. The zero-order valence-electron chi connectivity index (χ0n) is 7.43. The van der Waals surface area contributed by atoms with Gasteiger partial charge >= 0.3 is 0 Å². The first-order valence-electron chi connectivity index (χ1n) is 3.95. The highest BCUT2D eigenvalue weighted by Crippen LogP contribution is 2.26. The van der Waals surface area contributed by atoms with Gasteiger partial charge in [0.1, 0.15) is 5.75 Å². The van der Waals surface area contributed by atoms with Gasteiger partial charge in [0.25, 0.3) is 0 Å². The molecule has 2 aromatic rings. The van der Waals surface area contributed by atoms with E-state index in [1.165, 1.54) is 17.5 Å². The Morgan fingerprint density at radius 1 is 1.36 bits per heavy atom. The van der Waals surface area contributed by atoms with Crippen LogP contribution < -0.4 is 5.32 Å². The second-order valence-electron chi connectivity index (χ2n) is 2.59. The molecule has 0 unspecified atom stereocenters. The van der Waals surface area contributed by atoms with Crippen molar-refractivity contribution in [2.75, 3.05) is 12.4 Å². The number of hydrogen-bond donors (Lipinski definition) is 2. The maximum absolute atomic E-state index is 9.22. The topological polar surface area (TPSA) is 70.9 Å².